The Balaban J connectivity index is 1.62. The zero-order chi connectivity index (χ0) is 29.4. The number of aliphatic hydroxyl groups is 1. The predicted molar refractivity (Wildman–Crippen MR) is 161 cm³/mol. The quantitative estimate of drug-likeness (QED) is 0.285. The number of nitrogens with two attached hydrogens (primary N) is 1. The summed E-state index contributed by atoms with van der Waals surface area (Å²) in [6, 6.07) is 15.9. The molecule has 2 aromatic carbocycles. The van der Waals surface area contributed by atoms with Crippen molar-refractivity contribution in [2.24, 2.45) is 5.73 Å². The number of allylic oxidation sites excluding steroid dienone is 1. The van der Waals surface area contributed by atoms with Crippen molar-refractivity contribution in [3.05, 3.63) is 120 Å². The number of benzene rings is 2. The number of nitrogens with zero attached hydrogens (tertiary/aromatic N) is 2. The molecule has 0 spiro atoms. The number of carbonyl (C=O) groups is 1. The minimum Gasteiger partial charge on any atom is -0.386 e. The molecule has 0 saturated carbocycles. The van der Waals surface area contributed by atoms with Crippen LogP contribution in [0.1, 0.15) is 61.1 Å². The molecular weight excluding hydrogens is 540 g/mol. The highest BCUT2D eigenvalue weighted by Gasteiger charge is 2.34. The van der Waals surface area contributed by atoms with E-state index in [-0.39, 0.29) is 0 Å². The fourth-order valence-electron chi connectivity index (χ4n) is 6.00. The van der Waals surface area contributed by atoms with Crippen molar-refractivity contribution in [2.45, 2.75) is 45.6 Å². The summed E-state index contributed by atoms with van der Waals surface area (Å²) >= 11 is 6.26. The molecular formula is C32H29ClN4O4. The smallest absolute Gasteiger partial charge is 0.340 e. The summed E-state index contributed by atoms with van der Waals surface area (Å²) in [5.41, 5.74) is 11.1. The molecule has 8 nitrogen and oxygen atoms in total. The van der Waals surface area contributed by atoms with E-state index >= 15 is 0 Å². The number of primary amides is 1. The Labute approximate surface area is 240 Å². The molecule has 1 aliphatic rings. The van der Waals surface area contributed by atoms with Crippen LogP contribution in [0.15, 0.2) is 76.0 Å². The number of aromatic nitrogens is 3. The molecule has 0 saturated heterocycles. The normalized spacial score (nSPS) is 15.5. The third-order valence-electron chi connectivity index (χ3n) is 8.09. The van der Waals surface area contributed by atoms with Crippen molar-refractivity contribution >= 4 is 39.5 Å². The number of H-pyrrole nitrogens is 1. The largest absolute Gasteiger partial charge is 0.386 e. The fraction of sp³-hybridized carbons (Fsp3) is 0.219. The summed E-state index contributed by atoms with van der Waals surface area (Å²) in [4.78, 5) is 42.8. The highest BCUT2D eigenvalue weighted by atomic mass is 35.5. The second kappa shape index (κ2) is 9.33. The number of hydrogen-bond donors (Lipinski definition) is 3. The van der Waals surface area contributed by atoms with Gasteiger partial charge < -0.3 is 15.8 Å². The molecule has 208 valence electrons. The van der Waals surface area contributed by atoms with Gasteiger partial charge >= 0.3 is 5.69 Å². The Kier molecular flexibility index (Phi) is 6.10. The van der Waals surface area contributed by atoms with E-state index in [9.17, 15) is 19.5 Å². The zero-order valence-corrected chi connectivity index (χ0v) is 23.8. The van der Waals surface area contributed by atoms with Crippen molar-refractivity contribution < 1.29 is 9.90 Å². The number of hydrogen-bond acceptors (Lipinski definition) is 4. The third kappa shape index (κ3) is 4.13. The number of fused-ring (bicyclic) bond motifs is 4. The molecule has 1 aliphatic carbocycles. The Hall–Kier alpha value is -4.40. The first-order chi connectivity index (χ1) is 19.4. The predicted octanol–water partition coefficient (Wildman–Crippen LogP) is 4.92. The maximum Gasteiger partial charge on any atom is 0.340 e. The van der Waals surface area contributed by atoms with Crippen molar-refractivity contribution in [1.29, 1.82) is 0 Å². The fourth-order valence-corrected chi connectivity index (χ4v) is 6.22. The SMILES string of the molecule is CC1=C(c2cccc(-n3c(=O)cc4c(Cl)cccn4c3=O)c2C)c2c([nH]c3cc(C(C)(C)O)ccc23)[C@@H](C(N)=O)C1. The molecule has 9 heteroatoms. The number of amides is 1. The molecule has 3 aromatic heterocycles. The van der Waals surface area contributed by atoms with Gasteiger partial charge in [0, 0.05) is 34.4 Å². The van der Waals surface area contributed by atoms with E-state index in [1.165, 1.54) is 10.5 Å². The molecule has 41 heavy (non-hydrogen) atoms. The van der Waals surface area contributed by atoms with Crippen molar-refractivity contribution in [2.75, 3.05) is 0 Å². The van der Waals surface area contributed by atoms with E-state index in [0.29, 0.717) is 28.3 Å². The van der Waals surface area contributed by atoms with Crippen LogP contribution >= 0.6 is 11.6 Å². The molecule has 6 rings (SSSR count). The summed E-state index contributed by atoms with van der Waals surface area (Å²) in [7, 11) is 0. The van der Waals surface area contributed by atoms with Crippen LogP contribution in [-0.2, 0) is 10.4 Å². The molecule has 1 atom stereocenters. The molecule has 1 amide bonds. The first-order valence-electron chi connectivity index (χ1n) is 13.3. The number of nitrogens with one attached hydrogen (secondary N) is 1. The lowest BCUT2D eigenvalue weighted by Crippen LogP contribution is -2.36. The lowest BCUT2D eigenvalue weighted by molar-refractivity contribution is -0.119. The summed E-state index contributed by atoms with van der Waals surface area (Å²) in [5, 5.41) is 11.8. The van der Waals surface area contributed by atoms with Crippen molar-refractivity contribution in [1.82, 2.24) is 14.0 Å². The van der Waals surface area contributed by atoms with Crippen LogP contribution in [-0.4, -0.2) is 25.0 Å². The summed E-state index contributed by atoms with van der Waals surface area (Å²) in [5.74, 6) is -0.980. The van der Waals surface area contributed by atoms with Gasteiger partial charge in [-0.05, 0) is 80.6 Å². The van der Waals surface area contributed by atoms with E-state index in [1.807, 2.05) is 44.2 Å². The lowest BCUT2D eigenvalue weighted by Gasteiger charge is -2.26. The molecule has 5 aromatic rings. The van der Waals surface area contributed by atoms with E-state index in [0.717, 1.165) is 48.9 Å². The Morgan fingerprint density at radius 3 is 2.56 bits per heavy atom. The lowest BCUT2D eigenvalue weighted by atomic mass is 9.78. The molecule has 0 radical (unpaired) electrons. The Morgan fingerprint density at radius 2 is 1.85 bits per heavy atom. The molecule has 0 fully saturated rings. The van der Waals surface area contributed by atoms with Crippen LogP contribution in [0, 0.1) is 6.92 Å². The summed E-state index contributed by atoms with van der Waals surface area (Å²) < 4.78 is 2.51. The molecule has 4 N–H and O–H groups in total. The van der Waals surface area contributed by atoms with E-state index < -0.39 is 28.7 Å². The Bertz CT molecular complexity index is 2070. The summed E-state index contributed by atoms with van der Waals surface area (Å²) in [6.07, 6.45) is 2.00. The zero-order valence-electron chi connectivity index (χ0n) is 23.1. The summed E-state index contributed by atoms with van der Waals surface area (Å²) in [6.45, 7) is 7.30. The van der Waals surface area contributed by atoms with Crippen LogP contribution in [0.25, 0.3) is 27.7 Å². The van der Waals surface area contributed by atoms with Crippen molar-refractivity contribution in [3.63, 3.8) is 0 Å². The van der Waals surface area contributed by atoms with Crippen molar-refractivity contribution in [3.8, 4) is 5.69 Å². The van der Waals surface area contributed by atoms with E-state index in [4.69, 9.17) is 17.3 Å². The van der Waals surface area contributed by atoms with Crippen LogP contribution in [0.5, 0.6) is 0 Å². The number of pyridine rings is 1. The van der Waals surface area contributed by atoms with Gasteiger partial charge in [0.25, 0.3) is 5.56 Å². The van der Waals surface area contributed by atoms with Crippen LogP contribution in [0.4, 0.5) is 0 Å². The van der Waals surface area contributed by atoms with Crippen LogP contribution in [0.2, 0.25) is 5.02 Å². The average molecular weight is 569 g/mol. The minimum absolute atomic E-state index is 0.311. The van der Waals surface area contributed by atoms with Gasteiger partial charge in [-0.2, -0.15) is 0 Å². The first kappa shape index (κ1) is 26.8. The van der Waals surface area contributed by atoms with Gasteiger partial charge in [-0.15, -0.1) is 0 Å². The second-order valence-corrected chi connectivity index (χ2v) is 11.6. The van der Waals surface area contributed by atoms with E-state index in [2.05, 4.69) is 4.98 Å². The van der Waals surface area contributed by atoms with Gasteiger partial charge in [-0.3, -0.25) is 14.0 Å². The molecule has 0 unspecified atom stereocenters. The first-order valence-corrected chi connectivity index (χ1v) is 13.7. The minimum atomic E-state index is -1.05. The van der Waals surface area contributed by atoms with E-state index in [1.54, 1.807) is 38.2 Å². The number of rotatable bonds is 4. The second-order valence-electron chi connectivity index (χ2n) is 11.2. The van der Waals surface area contributed by atoms with Gasteiger partial charge in [0.05, 0.1) is 27.7 Å². The highest BCUT2D eigenvalue weighted by Crippen LogP contribution is 2.46. The third-order valence-corrected chi connectivity index (χ3v) is 8.41. The maximum atomic E-state index is 13.5. The highest BCUT2D eigenvalue weighted by molar-refractivity contribution is 6.33. The van der Waals surface area contributed by atoms with Gasteiger partial charge in [-0.1, -0.05) is 41.4 Å². The van der Waals surface area contributed by atoms with Gasteiger partial charge in [0.1, 0.15) is 0 Å². The number of carbonyl (C=O) groups excluding carboxylic acids is 1. The standard InChI is InChI=1S/C32H29ClN4O4/c1-16-13-21(30(34)39)29-28(20-11-10-18(32(3,4)41)14-23(20)35-29)27(16)19-7-5-9-24(17(19)2)37-26(38)15-25-22(33)8-6-12-36(25)31(37)40/h5-12,14-15,21,35,41H,13H2,1-4H3,(H2,34,39)/t21-/m0/s1. The van der Waals surface area contributed by atoms with Gasteiger partial charge in [0.15, 0.2) is 0 Å². The number of halogens is 1. The Morgan fingerprint density at radius 1 is 1.10 bits per heavy atom. The molecule has 0 aliphatic heterocycles. The average Bonchev–Trinajstić information content (AvgIpc) is 3.28. The molecule has 3 heterocycles. The van der Waals surface area contributed by atoms with Gasteiger partial charge in [-0.25, -0.2) is 9.36 Å². The topological polar surface area (TPSA) is 123 Å². The monoisotopic (exact) mass is 568 g/mol. The number of aromatic amines is 1. The molecule has 0 bridgehead atoms. The van der Waals surface area contributed by atoms with Crippen LogP contribution < -0.4 is 17.0 Å². The van der Waals surface area contributed by atoms with Crippen LogP contribution in [0.3, 0.4) is 0 Å². The van der Waals surface area contributed by atoms with Gasteiger partial charge in [0.2, 0.25) is 5.91 Å². The maximum absolute atomic E-state index is 13.5.